The van der Waals surface area contributed by atoms with Crippen LogP contribution in [0.1, 0.15) is 53.9 Å². The second-order valence-electron chi connectivity index (χ2n) is 5.86. The lowest BCUT2D eigenvalue weighted by molar-refractivity contribution is -0.147. The van der Waals surface area contributed by atoms with E-state index in [-0.39, 0.29) is 5.92 Å². The maximum Gasteiger partial charge on any atom is 0.407 e. The zero-order valence-corrected chi connectivity index (χ0v) is 14.8. The second-order valence-corrected chi connectivity index (χ2v) is 5.86. The minimum absolute atomic E-state index is 0.194. The lowest BCUT2D eigenvalue weighted by atomic mass is 10.0. The first-order valence-electron chi connectivity index (χ1n) is 8.22. The lowest BCUT2D eigenvalue weighted by Crippen LogP contribution is -2.51. The van der Waals surface area contributed by atoms with Crippen LogP contribution in [0.25, 0.3) is 0 Å². The maximum absolute atomic E-state index is 12.3. The van der Waals surface area contributed by atoms with Crippen LogP contribution in [0.5, 0.6) is 0 Å². The number of ether oxygens (including phenoxy) is 2. The van der Waals surface area contributed by atoms with Crippen LogP contribution in [-0.4, -0.2) is 43.3 Å². The van der Waals surface area contributed by atoms with E-state index in [2.05, 4.69) is 10.6 Å². The number of alkyl carbamates (subject to hydrolysis) is 1. The number of nitrogens with one attached hydrogen (secondary N) is 2. The van der Waals surface area contributed by atoms with Gasteiger partial charge in [0.15, 0.2) is 0 Å². The molecule has 0 saturated carbocycles. The van der Waals surface area contributed by atoms with E-state index in [9.17, 15) is 14.4 Å². The highest BCUT2D eigenvalue weighted by molar-refractivity contribution is 5.89. The van der Waals surface area contributed by atoms with Gasteiger partial charge in [-0.3, -0.25) is 4.79 Å². The Balaban J connectivity index is 4.61. The van der Waals surface area contributed by atoms with Crippen molar-refractivity contribution in [3.8, 4) is 0 Å². The number of rotatable bonds is 10. The van der Waals surface area contributed by atoms with Crippen molar-refractivity contribution in [2.24, 2.45) is 5.92 Å². The van der Waals surface area contributed by atoms with Crippen LogP contribution in [-0.2, 0) is 19.1 Å². The molecule has 2 atom stereocenters. The Bertz CT molecular complexity index is 385. The van der Waals surface area contributed by atoms with Crippen molar-refractivity contribution >= 4 is 18.0 Å². The zero-order valence-electron chi connectivity index (χ0n) is 14.8. The number of hydrogen-bond donors (Lipinski definition) is 2. The summed E-state index contributed by atoms with van der Waals surface area (Å²) in [6.07, 6.45) is 1.24. The fourth-order valence-electron chi connectivity index (χ4n) is 1.78. The van der Waals surface area contributed by atoms with Gasteiger partial charge in [-0.15, -0.1) is 0 Å². The van der Waals surface area contributed by atoms with Gasteiger partial charge in [-0.1, -0.05) is 27.7 Å². The molecule has 2 N–H and O–H groups in total. The molecule has 7 nitrogen and oxygen atoms in total. The Morgan fingerprint density at radius 1 is 0.913 bits per heavy atom. The highest BCUT2D eigenvalue weighted by Crippen LogP contribution is 2.06. The molecule has 0 spiro atoms. The Hall–Kier alpha value is -1.79. The van der Waals surface area contributed by atoms with E-state index in [0.29, 0.717) is 32.5 Å². The maximum atomic E-state index is 12.3. The quantitative estimate of drug-likeness (QED) is 0.598. The van der Waals surface area contributed by atoms with Crippen LogP contribution in [0.4, 0.5) is 4.79 Å². The summed E-state index contributed by atoms with van der Waals surface area (Å²) in [5.41, 5.74) is 0. The molecule has 134 valence electrons. The minimum atomic E-state index is -0.767. The van der Waals surface area contributed by atoms with E-state index in [1.165, 1.54) is 0 Å². The highest BCUT2D eigenvalue weighted by Gasteiger charge is 2.26. The largest absolute Gasteiger partial charge is 0.464 e. The SMILES string of the molecule is CCCOC(=O)NC(CC(C)C)C(=O)NC(C)C(=O)OCCC. The number of carbonyl (C=O) groups is 3. The Labute approximate surface area is 138 Å². The normalized spacial score (nSPS) is 13.1. The average Bonchev–Trinajstić information content (AvgIpc) is 2.49. The molecule has 2 unspecified atom stereocenters. The summed E-state index contributed by atoms with van der Waals surface area (Å²) in [6, 6.07) is -1.52. The predicted molar refractivity (Wildman–Crippen MR) is 86.9 cm³/mol. The van der Waals surface area contributed by atoms with Crippen LogP contribution >= 0.6 is 0 Å². The van der Waals surface area contributed by atoms with Gasteiger partial charge in [-0.25, -0.2) is 9.59 Å². The molecule has 0 radical (unpaired) electrons. The highest BCUT2D eigenvalue weighted by atomic mass is 16.5. The van der Waals surface area contributed by atoms with Gasteiger partial charge in [0.1, 0.15) is 12.1 Å². The molecule has 2 amide bonds. The van der Waals surface area contributed by atoms with Crippen molar-refractivity contribution in [2.75, 3.05) is 13.2 Å². The third kappa shape index (κ3) is 9.76. The molecule has 0 saturated heterocycles. The first kappa shape index (κ1) is 21.2. The van der Waals surface area contributed by atoms with E-state index in [4.69, 9.17) is 9.47 Å². The topological polar surface area (TPSA) is 93.7 Å². The summed E-state index contributed by atoms with van der Waals surface area (Å²) in [5, 5.41) is 5.12. The third-order valence-corrected chi connectivity index (χ3v) is 2.91. The van der Waals surface area contributed by atoms with Gasteiger partial charge in [0, 0.05) is 0 Å². The molecule has 0 aliphatic rings. The molecular weight excluding hydrogens is 300 g/mol. The molecule has 0 aromatic heterocycles. The smallest absolute Gasteiger partial charge is 0.407 e. The van der Waals surface area contributed by atoms with Crippen molar-refractivity contribution in [3.63, 3.8) is 0 Å². The third-order valence-electron chi connectivity index (χ3n) is 2.91. The molecule has 7 heteroatoms. The number of hydrogen-bond acceptors (Lipinski definition) is 5. The first-order chi connectivity index (χ1) is 10.8. The molecule has 0 rings (SSSR count). The van der Waals surface area contributed by atoms with Gasteiger partial charge in [0.05, 0.1) is 13.2 Å². The summed E-state index contributed by atoms with van der Waals surface area (Å²) in [6.45, 7) is 9.82. The number of carbonyl (C=O) groups excluding carboxylic acids is 3. The monoisotopic (exact) mass is 330 g/mol. The van der Waals surface area contributed by atoms with Gasteiger partial charge in [0.2, 0.25) is 5.91 Å². The molecule has 0 heterocycles. The molecule has 0 aromatic rings. The van der Waals surface area contributed by atoms with E-state index < -0.39 is 30.1 Å². The molecule has 0 aliphatic carbocycles. The standard InChI is InChI=1S/C16H30N2O5/c1-6-8-22-15(20)12(5)17-14(19)13(10-11(3)4)18-16(21)23-9-7-2/h11-13H,6-10H2,1-5H3,(H,17,19)(H,18,21). The Morgan fingerprint density at radius 2 is 1.48 bits per heavy atom. The van der Waals surface area contributed by atoms with Crippen molar-refractivity contribution in [1.29, 1.82) is 0 Å². The van der Waals surface area contributed by atoms with Crippen molar-refractivity contribution in [2.45, 2.75) is 66.0 Å². The zero-order chi connectivity index (χ0) is 17.8. The average molecular weight is 330 g/mol. The van der Waals surface area contributed by atoms with Gasteiger partial charge < -0.3 is 20.1 Å². The fourth-order valence-corrected chi connectivity index (χ4v) is 1.78. The second kappa shape index (κ2) is 11.7. The molecule has 0 bridgehead atoms. The summed E-state index contributed by atoms with van der Waals surface area (Å²) in [4.78, 5) is 35.6. The number of amides is 2. The van der Waals surface area contributed by atoms with Crippen molar-refractivity contribution < 1.29 is 23.9 Å². The van der Waals surface area contributed by atoms with E-state index in [0.717, 1.165) is 0 Å². The summed E-state index contributed by atoms with van der Waals surface area (Å²) < 4.78 is 9.92. The van der Waals surface area contributed by atoms with Crippen LogP contribution < -0.4 is 10.6 Å². The fraction of sp³-hybridized carbons (Fsp3) is 0.812. The Morgan fingerprint density at radius 3 is 2.00 bits per heavy atom. The summed E-state index contributed by atoms with van der Waals surface area (Å²) in [5.74, 6) is -0.718. The van der Waals surface area contributed by atoms with Gasteiger partial charge in [0.25, 0.3) is 0 Å². The van der Waals surface area contributed by atoms with Gasteiger partial charge >= 0.3 is 12.1 Å². The summed E-state index contributed by atoms with van der Waals surface area (Å²) in [7, 11) is 0. The van der Waals surface area contributed by atoms with Crippen LogP contribution in [0, 0.1) is 5.92 Å². The van der Waals surface area contributed by atoms with Crippen molar-refractivity contribution in [3.05, 3.63) is 0 Å². The van der Waals surface area contributed by atoms with E-state index >= 15 is 0 Å². The van der Waals surface area contributed by atoms with E-state index in [1.807, 2.05) is 27.7 Å². The lowest BCUT2D eigenvalue weighted by Gasteiger charge is -2.22. The molecular formula is C16H30N2O5. The minimum Gasteiger partial charge on any atom is -0.464 e. The predicted octanol–water partition coefficient (Wildman–Crippen LogP) is 2.00. The Kier molecular flexibility index (Phi) is 10.8. The van der Waals surface area contributed by atoms with Gasteiger partial charge in [-0.2, -0.15) is 0 Å². The van der Waals surface area contributed by atoms with Crippen LogP contribution in [0.15, 0.2) is 0 Å². The van der Waals surface area contributed by atoms with Crippen LogP contribution in [0.2, 0.25) is 0 Å². The number of esters is 1. The molecule has 0 aliphatic heterocycles. The van der Waals surface area contributed by atoms with Crippen molar-refractivity contribution in [1.82, 2.24) is 10.6 Å². The van der Waals surface area contributed by atoms with E-state index in [1.54, 1.807) is 6.92 Å². The first-order valence-corrected chi connectivity index (χ1v) is 8.22. The molecule has 0 fully saturated rings. The molecule has 0 aromatic carbocycles. The molecule has 23 heavy (non-hydrogen) atoms. The van der Waals surface area contributed by atoms with Gasteiger partial charge in [-0.05, 0) is 32.1 Å². The summed E-state index contributed by atoms with van der Waals surface area (Å²) >= 11 is 0. The van der Waals surface area contributed by atoms with Crippen LogP contribution in [0.3, 0.4) is 0 Å².